The fourth-order valence-corrected chi connectivity index (χ4v) is 4.89. The van der Waals surface area contributed by atoms with Crippen molar-refractivity contribution in [2.75, 3.05) is 0 Å². The van der Waals surface area contributed by atoms with Crippen molar-refractivity contribution in [3.8, 4) is 0 Å². The first-order chi connectivity index (χ1) is 13.5. The van der Waals surface area contributed by atoms with Crippen molar-refractivity contribution in [3.63, 3.8) is 0 Å². The third kappa shape index (κ3) is 3.85. The van der Waals surface area contributed by atoms with Gasteiger partial charge in [-0.1, -0.05) is 12.1 Å². The molecule has 1 aliphatic carbocycles. The Morgan fingerprint density at radius 2 is 2.04 bits per heavy atom. The molecule has 3 aromatic rings. The number of rotatable bonds is 5. The van der Waals surface area contributed by atoms with Crippen LogP contribution in [0.3, 0.4) is 0 Å². The predicted octanol–water partition coefficient (Wildman–Crippen LogP) is 4.24. The van der Waals surface area contributed by atoms with Gasteiger partial charge in [-0.15, -0.1) is 11.3 Å². The minimum absolute atomic E-state index is 0.116. The molecule has 0 amide bonds. The summed E-state index contributed by atoms with van der Waals surface area (Å²) in [6.07, 6.45) is 4.17. The van der Waals surface area contributed by atoms with Crippen LogP contribution in [0.2, 0.25) is 0 Å². The number of carbonyl (C=O) groups is 1. The number of benzene rings is 1. The van der Waals surface area contributed by atoms with E-state index >= 15 is 0 Å². The van der Waals surface area contributed by atoms with Crippen LogP contribution in [-0.2, 0) is 28.8 Å². The standard InChI is InChI=1S/C21H21FN2O3S/c1-12(13-6-8-14(22)9-7-13)27-18(25)11-10-17-23-20(26)19-15-4-2-3-5-16(15)28-21(19)24-17/h6-9,12H,2-5,10-11H2,1H3,(H,23,24,26)/t12-/m1/s1. The fourth-order valence-electron chi connectivity index (χ4n) is 3.61. The highest BCUT2D eigenvalue weighted by molar-refractivity contribution is 7.18. The molecule has 0 fully saturated rings. The zero-order chi connectivity index (χ0) is 19.7. The Balaban J connectivity index is 1.43. The molecular weight excluding hydrogens is 379 g/mol. The smallest absolute Gasteiger partial charge is 0.306 e. The number of esters is 1. The second kappa shape index (κ2) is 7.83. The molecule has 2 aromatic heterocycles. The first kappa shape index (κ1) is 18.8. The molecule has 1 N–H and O–H groups in total. The van der Waals surface area contributed by atoms with Crippen molar-refractivity contribution in [2.24, 2.45) is 0 Å². The minimum Gasteiger partial charge on any atom is -0.458 e. The highest BCUT2D eigenvalue weighted by Crippen LogP contribution is 2.33. The van der Waals surface area contributed by atoms with Crippen LogP contribution in [0.15, 0.2) is 29.1 Å². The van der Waals surface area contributed by atoms with Crippen molar-refractivity contribution < 1.29 is 13.9 Å². The van der Waals surface area contributed by atoms with Gasteiger partial charge in [-0.2, -0.15) is 0 Å². The Morgan fingerprint density at radius 1 is 1.29 bits per heavy atom. The van der Waals surface area contributed by atoms with Gasteiger partial charge in [-0.05, 0) is 55.9 Å². The number of aryl methyl sites for hydroxylation is 3. The molecule has 0 saturated carbocycles. The van der Waals surface area contributed by atoms with Gasteiger partial charge in [0.25, 0.3) is 5.56 Å². The molecule has 0 radical (unpaired) electrons. The number of hydrogen-bond acceptors (Lipinski definition) is 5. The normalized spacial score (nSPS) is 14.6. The first-order valence-corrected chi connectivity index (χ1v) is 10.3. The lowest BCUT2D eigenvalue weighted by Crippen LogP contribution is -2.15. The average molecular weight is 400 g/mol. The summed E-state index contributed by atoms with van der Waals surface area (Å²) in [5, 5.41) is 0.718. The molecule has 1 aromatic carbocycles. The number of hydrogen-bond donors (Lipinski definition) is 1. The lowest BCUT2D eigenvalue weighted by Gasteiger charge is -2.13. The maximum Gasteiger partial charge on any atom is 0.306 e. The Kier molecular flexibility index (Phi) is 5.26. The van der Waals surface area contributed by atoms with E-state index in [0.29, 0.717) is 12.2 Å². The Morgan fingerprint density at radius 3 is 2.82 bits per heavy atom. The molecule has 146 valence electrons. The minimum atomic E-state index is -0.466. The quantitative estimate of drug-likeness (QED) is 0.650. The molecule has 0 saturated heterocycles. The number of carbonyl (C=O) groups excluding carboxylic acids is 1. The molecule has 0 unspecified atom stereocenters. The largest absolute Gasteiger partial charge is 0.458 e. The van der Waals surface area contributed by atoms with Crippen LogP contribution in [-0.4, -0.2) is 15.9 Å². The van der Waals surface area contributed by atoms with E-state index in [1.165, 1.54) is 17.0 Å². The second-order valence-electron chi connectivity index (χ2n) is 7.09. The Hall–Kier alpha value is -2.54. The van der Waals surface area contributed by atoms with Crippen molar-refractivity contribution in [3.05, 3.63) is 62.3 Å². The number of H-pyrrole nitrogens is 1. The molecule has 2 heterocycles. The van der Waals surface area contributed by atoms with Gasteiger partial charge in [0.15, 0.2) is 0 Å². The zero-order valence-electron chi connectivity index (χ0n) is 15.6. The number of thiophene rings is 1. The van der Waals surface area contributed by atoms with E-state index in [0.717, 1.165) is 47.0 Å². The van der Waals surface area contributed by atoms with Gasteiger partial charge in [-0.25, -0.2) is 9.37 Å². The fraction of sp³-hybridized carbons (Fsp3) is 0.381. The molecule has 1 atom stereocenters. The monoisotopic (exact) mass is 400 g/mol. The van der Waals surface area contributed by atoms with Gasteiger partial charge in [0.05, 0.1) is 11.8 Å². The summed E-state index contributed by atoms with van der Waals surface area (Å²) in [7, 11) is 0. The number of halogens is 1. The Bertz CT molecular complexity index is 1070. The summed E-state index contributed by atoms with van der Waals surface area (Å²) in [6.45, 7) is 1.74. The average Bonchev–Trinajstić information content (AvgIpc) is 3.05. The number of aromatic amines is 1. The zero-order valence-corrected chi connectivity index (χ0v) is 16.4. The molecule has 7 heteroatoms. The number of ether oxygens (including phenoxy) is 1. The summed E-state index contributed by atoms with van der Waals surface area (Å²) < 4.78 is 18.4. The van der Waals surface area contributed by atoms with Gasteiger partial charge in [0.2, 0.25) is 0 Å². The lowest BCUT2D eigenvalue weighted by molar-refractivity contribution is -0.148. The molecular formula is C21H21FN2O3S. The molecule has 0 spiro atoms. The molecule has 0 bridgehead atoms. The maximum absolute atomic E-state index is 13.0. The van der Waals surface area contributed by atoms with E-state index < -0.39 is 6.10 Å². The van der Waals surface area contributed by atoms with Crippen LogP contribution in [0.25, 0.3) is 10.2 Å². The summed E-state index contributed by atoms with van der Waals surface area (Å²) in [4.78, 5) is 34.1. The van der Waals surface area contributed by atoms with Crippen molar-refractivity contribution in [1.29, 1.82) is 0 Å². The second-order valence-corrected chi connectivity index (χ2v) is 8.17. The SMILES string of the molecule is C[C@@H](OC(=O)CCc1nc2sc3c(c2c(=O)[nH]1)CCCC3)c1ccc(F)cc1. The summed E-state index contributed by atoms with van der Waals surface area (Å²) in [5.74, 6) is -0.213. The van der Waals surface area contributed by atoms with Crippen LogP contribution >= 0.6 is 11.3 Å². The highest BCUT2D eigenvalue weighted by atomic mass is 32.1. The van der Waals surface area contributed by atoms with E-state index in [2.05, 4.69) is 9.97 Å². The topological polar surface area (TPSA) is 72.0 Å². The molecule has 1 aliphatic rings. The van der Waals surface area contributed by atoms with Crippen molar-refractivity contribution >= 4 is 27.5 Å². The Labute approximate surface area is 165 Å². The van der Waals surface area contributed by atoms with E-state index in [-0.39, 0.29) is 23.8 Å². The van der Waals surface area contributed by atoms with E-state index in [1.54, 1.807) is 30.4 Å². The van der Waals surface area contributed by atoms with Crippen LogP contribution in [0.5, 0.6) is 0 Å². The van der Waals surface area contributed by atoms with Gasteiger partial charge in [0.1, 0.15) is 22.6 Å². The highest BCUT2D eigenvalue weighted by Gasteiger charge is 2.20. The van der Waals surface area contributed by atoms with Crippen LogP contribution in [0.4, 0.5) is 4.39 Å². The van der Waals surface area contributed by atoms with Gasteiger partial charge >= 0.3 is 5.97 Å². The van der Waals surface area contributed by atoms with Crippen molar-refractivity contribution in [1.82, 2.24) is 9.97 Å². The lowest BCUT2D eigenvalue weighted by atomic mass is 9.97. The molecule has 5 nitrogen and oxygen atoms in total. The third-order valence-corrected chi connectivity index (χ3v) is 6.27. The van der Waals surface area contributed by atoms with Gasteiger partial charge in [-0.3, -0.25) is 9.59 Å². The number of aromatic nitrogens is 2. The van der Waals surface area contributed by atoms with Gasteiger partial charge in [0, 0.05) is 11.3 Å². The predicted molar refractivity (Wildman–Crippen MR) is 106 cm³/mol. The summed E-state index contributed by atoms with van der Waals surface area (Å²) >= 11 is 1.59. The summed E-state index contributed by atoms with van der Waals surface area (Å²) in [5.41, 5.74) is 1.76. The first-order valence-electron chi connectivity index (χ1n) is 9.49. The van der Waals surface area contributed by atoms with Crippen LogP contribution < -0.4 is 5.56 Å². The van der Waals surface area contributed by atoms with Crippen molar-refractivity contribution in [2.45, 2.75) is 51.6 Å². The van der Waals surface area contributed by atoms with Gasteiger partial charge < -0.3 is 9.72 Å². The maximum atomic E-state index is 13.0. The van der Waals surface area contributed by atoms with E-state index in [1.807, 2.05) is 0 Å². The molecule has 4 rings (SSSR count). The van der Waals surface area contributed by atoms with Crippen LogP contribution in [0.1, 0.15) is 54.1 Å². The number of nitrogens with one attached hydrogen (secondary N) is 1. The van der Waals surface area contributed by atoms with E-state index in [9.17, 15) is 14.0 Å². The van der Waals surface area contributed by atoms with E-state index in [4.69, 9.17) is 4.74 Å². The number of nitrogens with zero attached hydrogens (tertiary/aromatic N) is 1. The third-order valence-electron chi connectivity index (χ3n) is 5.09. The summed E-state index contributed by atoms with van der Waals surface area (Å²) in [6, 6.07) is 5.87. The number of fused-ring (bicyclic) bond motifs is 3. The van der Waals surface area contributed by atoms with Crippen LogP contribution in [0, 0.1) is 5.82 Å². The molecule has 0 aliphatic heterocycles. The molecule has 28 heavy (non-hydrogen) atoms.